The Kier molecular flexibility index (Phi) is 8.61. The number of carbonyl (C=O) groups is 1. The molecule has 8 heteroatoms. The van der Waals surface area contributed by atoms with Gasteiger partial charge in [-0.3, -0.25) is 9.10 Å². The van der Waals surface area contributed by atoms with Crippen LogP contribution in [0.25, 0.3) is 0 Å². The largest absolute Gasteiger partial charge is 0.354 e. The number of thioether (sulfide) groups is 1. The van der Waals surface area contributed by atoms with E-state index in [1.54, 1.807) is 54.2 Å². The molecule has 0 aliphatic heterocycles. The fourth-order valence-corrected chi connectivity index (χ4v) is 5.76. The molecular formula is C24H25ClN2O3S2. The third kappa shape index (κ3) is 6.28. The number of sulfonamides is 1. The van der Waals surface area contributed by atoms with Gasteiger partial charge < -0.3 is 5.32 Å². The van der Waals surface area contributed by atoms with Gasteiger partial charge in [0, 0.05) is 18.1 Å². The van der Waals surface area contributed by atoms with Crippen molar-refractivity contribution in [3.63, 3.8) is 0 Å². The van der Waals surface area contributed by atoms with Crippen LogP contribution in [-0.2, 0) is 20.6 Å². The Morgan fingerprint density at radius 1 is 0.969 bits per heavy atom. The van der Waals surface area contributed by atoms with Crippen molar-refractivity contribution >= 4 is 45.0 Å². The number of carbonyl (C=O) groups excluding carboxylic acids is 1. The molecule has 5 nitrogen and oxygen atoms in total. The summed E-state index contributed by atoms with van der Waals surface area (Å²) in [7, 11) is -3.96. The highest BCUT2D eigenvalue weighted by Gasteiger charge is 2.28. The molecule has 0 spiro atoms. The zero-order chi connectivity index (χ0) is 23.0. The lowest BCUT2D eigenvalue weighted by Gasteiger charge is -2.25. The molecule has 0 fully saturated rings. The highest BCUT2D eigenvalue weighted by Crippen LogP contribution is 2.30. The Bertz CT molecular complexity index is 1150. The third-order valence-corrected chi connectivity index (χ3v) is 7.93. The lowest BCUT2D eigenvalue weighted by Crippen LogP contribution is -2.41. The second-order valence-electron chi connectivity index (χ2n) is 7.11. The highest BCUT2D eigenvalue weighted by atomic mass is 35.5. The predicted octanol–water partition coefficient (Wildman–Crippen LogP) is 4.89. The summed E-state index contributed by atoms with van der Waals surface area (Å²) in [4.78, 5) is 12.7. The Morgan fingerprint density at radius 3 is 2.34 bits per heavy atom. The van der Waals surface area contributed by atoms with Gasteiger partial charge in [0.15, 0.2) is 0 Å². The molecule has 0 radical (unpaired) electrons. The van der Waals surface area contributed by atoms with Gasteiger partial charge in [-0.15, -0.1) is 0 Å². The number of amides is 1. The van der Waals surface area contributed by atoms with Gasteiger partial charge in [-0.2, -0.15) is 11.8 Å². The van der Waals surface area contributed by atoms with Gasteiger partial charge in [-0.1, -0.05) is 66.2 Å². The first kappa shape index (κ1) is 24.2. The molecule has 0 bridgehead atoms. The van der Waals surface area contributed by atoms with Crippen molar-refractivity contribution < 1.29 is 13.2 Å². The van der Waals surface area contributed by atoms with Gasteiger partial charge in [0.2, 0.25) is 5.91 Å². The van der Waals surface area contributed by atoms with Gasteiger partial charge in [-0.05, 0) is 42.3 Å². The van der Waals surface area contributed by atoms with Crippen LogP contribution in [0.15, 0.2) is 83.8 Å². The van der Waals surface area contributed by atoms with Gasteiger partial charge in [0.05, 0.1) is 15.6 Å². The van der Waals surface area contributed by atoms with Gasteiger partial charge in [0.1, 0.15) is 6.54 Å². The topological polar surface area (TPSA) is 66.5 Å². The van der Waals surface area contributed by atoms with Crippen LogP contribution in [0.5, 0.6) is 0 Å². The monoisotopic (exact) mass is 488 g/mol. The average molecular weight is 489 g/mol. The molecule has 0 heterocycles. The number of halogens is 1. The van der Waals surface area contributed by atoms with E-state index >= 15 is 0 Å². The number of aryl methyl sites for hydroxylation is 1. The van der Waals surface area contributed by atoms with E-state index in [9.17, 15) is 13.2 Å². The average Bonchev–Trinajstić information content (AvgIpc) is 2.79. The number of nitrogens with zero attached hydrogens (tertiary/aromatic N) is 1. The second kappa shape index (κ2) is 11.4. The molecule has 3 aromatic carbocycles. The molecule has 0 saturated carbocycles. The van der Waals surface area contributed by atoms with E-state index in [1.165, 1.54) is 23.3 Å². The molecule has 168 valence electrons. The minimum Gasteiger partial charge on any atom is -0.354 e. The summed E-state index contributed by atoms with van der Waals surface area (Å²) in [6, 6.07) is 22.8. The first-order valence-electron chi connectivity index (χ1n) is 10.1. The molecule has 0 aliphatic rings. The number of hydrogen-bond donors (Lipinski definition) is 1. The van der Waals surface area contributed by atoms with Crippen molar-refractivity contribution in [3.05, 3.63) is 95.0 Å². The summed E-state index contributed by atoms with van der Waals surface area (Å²) in [5, 5.41) is 3.08. The van der Waals surface area contributed by atoms with Crippen molar-refractivity contribution in [1.29, 1.82) is 0 Å². The fraction of sp³-hybridized carbons (Fsp3) is 0.208. The lowest BCUT2D eigenvalue weighted by atomic mass is 10.1. The third-order valence-electron chi connectivity index (χ3n) is 4.83. The Morgan fingerprint density at radius 2 is 1.62 bits per heavy atom. The minimum atomic E-state index is -3.96. The highest BCUT2D eigenvalue weighted by molar-refractivity contribution is 7.98. The molecule has 0 unspecified atom stereocenters. The molecule has 0 aliphatic carbocycles. The van der Waals surface area contributed by atoms with Crippen molar-refractivity contribution in [2.45, 2.75) is 17.6 Å². The smallest absolute Gasteiger partial charge is 0.264 e. The zero-order valence-corrected chi connectivity index (χ0v) is 20.1. The van der Waals surface area contributed by atoms with Crippen LogP contribution < -0.4 is 9.62 Å². The van der Waals surface area contributed by atoms with E-state index < -0.39 is 10.0 Å². The van der Waals surface area contributed by atoms with Crippen LogP contribution in [-0.4, -0.2) is 33.2 Å². The summed E-state index contributed by atoms with van der Waals surface area (Å²) >= 11 is 7.99. The predicted molar refractivity (Wildman–Crippen MR) is 133 cm³/mol. The molecule has 0 saturated heterocycles. The van der Waals surface area contributed by atoms with E-state index in [-0.39, 0.29) is 28.1 Å². The molecule has 0 aromatic heterocycles. The van der Waals surface area contributed by atoms with Crippen molar-refractivity contribution in [2.24, 2.45) is 0 Å². The summed E-state index contributed by atoms with van der Waals surface area (Å²) in [6.07, 6.45) is 0. The van der Waals surface area contributed by atoms with E-state index in [1.807, 2.05) is 12.1 Å². The fourth-order valence-electron chi connectivity index (χ4n) is 3.08. The molecule has 1 N–H and O–H groups in total. The second-order valence-corrected chi connectivity index (χ2v) is 10.5. The Labute approximate surface area is 198 Å². The normalized spacial score (nSPS) is 11.2. The van der Waals surface area contributed by atoms with Gasteiger partial charge in [0.25, 0.3) is 10.0 Å². The number of hydrogen-bond acceptors (Lipinski definition) is 4. The number of nitrogens with one attached hydrogen (secondary N) is 1. The maximum atomic E-state index is 13.3. The van der Waals surface area contributed by atoms with Crippen LogP contribution in [0.3, 0.4) is 0 Å². The first-order chi connectivity index (χ1) is 15.4. The van der Waals surface area contributed by atoms with E-state index in [0.717, 1.165) is 15.8 Å². The van der Waals surface area contributed by atoms with E-state index in [4.69, 9.17) is 11.6 Å². The minimum absolute atomic E-state index is 0.0986. The molecule has 1 amide bonds. The van der Waals surface area contributed by atoms with Crippen molar-refractivity contribution in [3.8, 4) is 0 Å². The molecule has 3 rings (SSSR count). The molecular weight excluding hydrogens is 464 g/mol. The maximum absolute atomic E-state index is 13.3. The number of benzene rings is 3. The lowest BCUT2D eigenvalue weighted by molar-refractivity contribution is -0.119. The van der Waals surface area contributed by atoms with E-state index in [2.05, 4.69) is 24.4 Å². The standard InChI is InChI=1S/C24H25ClN2O3S2/c1-19-9-5-6-10-20(19)18-31-16-15-26-24(28)17-27(23-14-8-7-13-22(23)25)32(29,30)21-11-3-2-4-12-21/h2-14H,15-18H2,1H3,(H,26,28). The zero-order valence-electron chi connectivity index (χ0n) is 17.7. The van der Waals surface area contributed by atoms with Crippen LogP contribution in [0.1, 0.15) is 11.1 Å². The molecule has 32 heavy (non-hydrogen) atoms. The molecule has 3 aromatic rings. The van der Waals surface area contributed by atoms with Gasteiger partial charge >= 0.3 is 0 Å². The van der Waals surface area contributed by atoms with Crippen molar-refractivity contribution in [2.75, 3.05) is 23.1 Å². The number of para-hydroxylation sites is 1. The SMILES string of the molecule is Cc1ccccc1CSCCNC(=O)CN(c1ccccc1Cl)S(=O)(=O)c1ccccc1. The first-order valence-corrected chi connectivity index (χ1v) is 13.1. The number of anilines is 1. The Hall–Kier alpha value is -2.48. The summed E-state index contributed by atoms with van der Waals surface area (Å²) in [5.41, 5.74) is 2.77. The maximum Gasteiger partial charge on any atom is 0.264 e. The summed E-state index contributed by atoms with van der Waals surface area (Å²) < 4.78 is 27.6. The number of rotatable bonds is 10. The molecule has 0 atom stereocenters. The van der Waals surface area contributed by atoms with Crippen molar-refractivity contribution in [1.82, 2.24) is 5.32 Å². The summed E-state index contributed by atoms with van der Waals surface area (Å²) in [5.74, 6) is 1.19. The van der Waals surface area contributed by atoms with Crippen LogP contribution >= 0.6 is 23.4 Å². The quantitative estimate of drug-likeness (QED) is 0.412. The Balaban J connectivity index is 1.64. The van der Waals surface area contributed by atoms with Crippen LogP contribution in [0.2, 0.25) is 5.02 Å². The van der Waals surface area contributed by atoms with Crippen LogP contribution in [0, 0.1) is 6.92 Å². The van der Waals surface area contributed by atoms with Crippen LogP contribution in [0.4, 0.5) is 5.69 Å². The van der Waals surface area contributed by atoms with E-state index in [0.29, 0.717) is 6.54 Å². The summed E-state index contributed by atoms with van der Waals surface area (Å²) in [6.45, 7) is 2.16. The van der Waals surface area contributed by atoms with Gasteiger partial charge in [-0.25, -0.2) is 8.42 Å².